The number of nitrogens with zero attached hydrogens (tertiary/aromatic N) is 3. The molecule has 0 bridgehead atoms. The van der Waals surface area contributed by atoms with Crippen LogP contribution in [0, 0.1) is 0 Å². The number of ether oxygens (including phenoxy) is 3. The molecule has 38 heavy (non-hydrogen) atoms. The highest BCUT2D eigenvalue weighted by Gasteiger charge is 2.64. The third-order valence-electron chi connectivity index (χ3n) is 5.86. The lowest BCUT2D eigenvalue weighted by molar-refractivity contribution is -0.279. The number of alkyl halides is 3. The van der Waals surface area contributed by atoms with Gasteiger partial charge in [-0.2, -0.15) is 13.2 Å². The molecule has 1 aromatic heterocycles. The number of hydrogen-bond acceptors (Lipinski definition) is 6. The summed E-state index contributed by atoms with van der Waals surface area (Å²) in [5.74, 6) is -1.60. The molecular formula is C28H26F3N3O4. The van der Waals surface area contributed by atoms with Crippen LogP contribution in [0.1, 0.15) is 11.1 Å². The SMILES string of the molecule is CO[C@](C(=O)O[C@H](COCc1ccccc1)Cn1cc(-c2ccccc2)nn1)(c1ccccc1)C(F)(F)F. The van der Waals surface area contributed by atoms with Gasteiger partial charge in [0.1, 0.15) is 11.8 Å². The van der Waals surface area contributed by atoms with E-state index in [1.54, 1.807) is 12.3 Å². The Kier molecular flexibility index (Phi) is 8.55. The third kappa shape index (κ3) is 6.09. The molecule has 0 saturated carbocycles. The third-order valence-corrected chi connectivity index (χ3v) is 5.86. The number of halogens is 3. The molecule has 0 radical (unpaired) electrons. The molecule has 10 heteroatoms. The Balaban J connectivity index is 1.58. The van der Waals surface area contributed by atoms with Gasteiger partial charge in [-0.25, -0.2) is 9.48 Å². The predicted octanol–water partition coefficient (Wildman–Crippen LogP) is 5.18. The molecule has 0 aliphatic heterocycles. The van der Waals surface area contributed by atoms with E-state index in [1.165, 1.54) is 28.9 Å². The normalized spacial score (nSPS) is 14.0. The Morgan fingerprint density at radius 1 is 0.921 bits per heavy atom. The standard InChI is InChI=1S/C28H26F3N3O4/c1-36-27(28(29,30)31,23-15-9-4-10-16-23)26(35)38-24(20-37-19-21-11-5-2-6-12-21)17-34-18-25(32-33-34)22-13-7-3-8-14-22/h2-16,18,24H,17,19-20H2,1H3/t24-,27-/m0/s1. The summed E-state index contributed by atoms with van der Waals surface area (Å²) in [6.45, 7) is -0.102. The van der Waals surface area contributed by atoms with Crippen LogP contribution in [0.3, 0.4) is 0 Å². The summed E-state index contributed by atoms with van der Waals surface area (Å²) in [4.78, 5) is 13.2. The molecule has 2 atom stereocenters. The van der Waals surface area contributed by atoms with Crippen molar-refractivity contribution in [3.8, 4) is 11.3 Å². The van der Waals surface area contributed by atoms with Crippen molar-refractivity contribution < 1.29 is 32.2 Å². The highest BCUT2D eigenvalue weighted by molar-refractivity contribution is 5.82. The Hall–Kier alpha value is -4.02. The second-order valence-electron chi connectivity index (χ2n) is 8.47. The number of benzene rings is 3. The van der Waals surface area contributed by atoms with E-state index in [0.29, 0.717) is 5.69 Å². The highest BCUT2D eigenvalue weighted by Crippen LogP contribution is 2.43. The van der Waals surface area contributed by atoms with Gasteiger partial charge in [0.05, 0.1) is 26.0 Å². The van der Waals surface area contributed by atoms with Gasteiger partial charge in [-0.1, -0.05) is 96.2 Å². The topological polar surface area (TPSA) is 75.5 Å². The summed E-state index contributed by atoms with van der Waals surface area (Å²) >= 11 is 0. The fourth-order valence-corrected chi connectivity index (χ4v) is 3.97. The van der Waals surface area contributed by atoms with Crippen molar-refractivity contribution in [2.75, 3.05) is 13.7 Å². The number of aromatic nitrogens is 3. The first-order valence-corrected chi connectivity index (χ1v) is 11.8. The Morgan fingerprint density at radius 3 is 2.13 bits per heavy atom. The van der Waals surface area contributed by atoms with E-state index in [0.717, 1.165) is 18.2 Å². The van der Waals surface area contributed by atoms with Gasteiger partial charge in [0.25, 0.3) is 5.60 Å². The lowest BCUT2D eigenvalue weighted by atomic mass is 9.92. The fraction of sp³-hybridized carbons (Fsp3) is 0.250. The average Bonchev–Trinajstić information content (AvgIpc) is 3.39. The van der Waals surface area contributed by atoms with Crippen molar-refractivity contribution in [1.82, 2.24) is 15.0 Å². The van der Waals surface area contributed by atoms with Crippen LogP contribution < -0.4 is 0 Å². The first-order chi connectivity index (χ1) is 18.3. The van der Waals surface area contributed by atoms with E-state index in [2.05, 4.69) is 10.3 Å². The lowest BCUT2D eigenvalue weighted by Crippen LogP contribution is -2.53. The zero-order valence-corrected chi connectivity index (χ0v) is 20.5. The van der Waals surface area contributed by atoms with E-state index < -0.39 is 29.4 Å². The van der Waals surface area contributed by atoms with Crippen molar-refractivity contribution >= 4 is 5.97 Å². The summed E-state index contributed by atoms with van der Waals surface area (Å²) < 4.78 is 60.5. The predicted molar refractivity (Wildman–Crippen MR) is 133 cm³/mol. The van der Waals surface area contributed by atoms with Gasteiger partial charge in [-0.05, 0) is 5.56 Å². The van der Waals surface area contributed by atoms with Crippen LogP contribution in [-0.4, -0.2) is 47.0 Å². The van der Waals surface area contributed by atoms with Gasteiger partial charge in [0.15, 0.2) is 0 Å². The highest BCUT2D eigenvalue weighted by atomic mass is 19.4. The molecule has 0 N–H and O–H groups in total. The zero-order chi connectivity index (χ0) is 27.0. The van der Waals surface area contributed by atoms with Gasteiger partial charge in [0.2, 0.25) is 0 Å². The van der Waals surface area contributed by atoms with E-state index in [1.807, 2.05) is 60.7 Å². The number of esters is 1. The summed E-state index contributed by atoms with van der Waals surface area (Å²) in [6, 6.07) is 25.2. The van der Waals surface area contributed by atoms with Crippen LogP contribution in [-0.2, 0) is 37.8 Å². The minimum atomic E-state index is -5.09. The van der Waals surface area contributed by atoms with Gasteiger partial charge in [-0.15, -0.1) is 5.10 Å². The first-order valence-electron chi connectivity index (χ1n) is 11.8. The van der Waals surface area contributed by atoms with E-state index in [4.69, 9.17) is 14.2 Å². The second-order valence-corrected chi connectivity index (χ2v) is 8.47. The Bertz CT molecular complexity index is 1300. The number of carbonyl (C=O) groups excluding carboxylic acids is 1. The van der Waals surface area contributed by atoms with E-state index in [9.17, 15) is 18.0 Å². The second kappa shape index (κ2) is 12.0. The molecule has 0 aliphatic rings. The number of hydrogen-bond donors (Lipinski definition) is 0. The molecular weight excluding hydrogens is 499 g/mol. The molecule has 0 amide bonds. The van der Waals surface area contributed by atoms with Crippen molar-refractivity contribution in [1.29, 1.82) is 0 Å². The van der Waals surface area contributed by atoms with Gasteiger partial charge in [-0.3, -0.25) is 0 Å². The molecule has 7 nitrogen and oxygen atoms in total. The maximum Gasteiger partial charge on any atom is 0.432 e. The van der Waals surface area contributed by atoms with Crippen LogP contribution in [0.15, 0.2) is 97.2 Å². The monoisotopic (exact) mass is 525 g/mol. The van der Waals surface area contributed by atoms with Gasteiger partial charge in [0, 0.05) is 18.2 Å². The Labute approximate surface area is 217 Å². The van der Waals surface area contributed by atoms with E-state index >= 15 is 0 Å². The Morgan fingerprint density at radius 2 is 1.53 bits per heavy atom. The first kappa shape index (κ1) is 27.0. The molecule has 0 unspecified atom stereocenters. The van der Waals surface area contributed by atoms with Gasteiger partial charge < -0.3 is 14.2 Å². The van der Waals surface area contributed by atoms with Crippen LogP contribution >= 0.6 is 0 Å². The summed E-state index contributed by atoms with van der Waals surface area (Å²) in [5.41, 5.74) is -1.48. The number of methoxy groups -OCH3 is 1. The van der Waals surface area contributed by atoms with Gasteiger partial charge >= 0.3 is 12.1 Å². The van der Waals surface area contributed by atoms with Crippen LogP contribution in [0.5, 0.6) is 0 Å². The maximum atomic E-state index is 14.4. The zero-order valence-electron chi connectivity index (χ0n) is 20.5. The largest absolute Gasteiger partial charge is 0.455 e. The molecule has 4 rings (SSSR count). The van der Waals surface area contributed by atoms with Crippen molar-refractivity contribution in [3.63, 3.8) is 0 Å². The van der Waals surface area contributed by atoms with Crippen LogP contribution in [0.2, 0.25) is 0 Å². The van der Waals surface area contributed by atoms with Crippen molar-refractivity contribution in [2.24, 2.45) is 0 Å². The van der Waals surface area contributed by atoms with Crippen molar-refractivity contribution in [2.45, 2.75) is 31.0 Å². The summed E-state index contributed by atoms with van der Waals surface area (Å²) in [5, 5.41) is 8.19. The molecule has 0 fully saturated rings. The number of rotatable bonds is 11. The minimum Gasteiger partial charge on any atom is -0.455 e. The molecule has 4 aromatic rings. The van der Waals surface area contributed by atoms with E-state index in [-0.39, 0.29) is 19.8 Å². The molecule has 1 heterocycles. The number of carbonyl (C=O) groups is 1. The van der Waals surface area contributed by atoms with Crippen LogP contribution in [0.4, 0.5) is 13.2 Å². The molecule has 3 aromatic carbocycles. The minimum absolute atomic E-state index is 0.0905. The lowest BCUT2D eigenvalue weighted by Gasteiger charge is -2.33. The molecule has 198 valence electrons. The fourth-order valence-electron chi connectivity index (χ4n) is 3.97. The van der Waals surface area contributed by atoms with Crippen LogP contribution in [0.25, 0.3) is 11.3 Å². The smallest absolute Gasteiger partial charge is 0.432 e. The molecule has 0 spiro atoms. The molecule has 0 aliphatic carbocycles. The maximum absolute atomic E-state index is 14.4. The van der Waals surface area contributed by atoms with Crippen molar-refractivity contribution in [3.05, 3.63) is 108 Å². The molecule has 0 saturated heterocycles. The quantitative estimate of drug-likeness (QED) is 0.251. The summed E-state index contributed by atoms with van der Waals surface area (Å²) in [7, 11) is 0.826. The average molecular weight is 526 g/mol. The summed E-state index contributed by atoms with van der Waals surface area (Å²) in [6.07, 6.45) is -4.60.